The lowest BCUT2D eigenvalue weighted by atomic mass is 10.2. The van der Waals surface area contributed by atoms with Gasteiger partial charge in [-0.15, -0.1) is 12.6 Å². The number of ether oxygens (including phenoxy) is 1. The van der Waals surface area contributed by atoms with Crippen LogP contribution in [-0.2, 0) is 9.53 Å². The molecule has 0 unspecified atom stereocenters. The predicted octanol–water partition coefficient (Wildman–Crippen LogP) is 1.22. The maximum Gasteiger partial charge on any atom is 0.306 e. The minimum atomic E-state index is -0.842. The molecule has 0 aromatic carbocycles. The maximum absolute atomic E-state index is 10.7. The number of thiol groups is 1. The molecule has 1 N–H and O–H groups in total. The molecule has 0 aliphatic heterocycles. The lowest BCUT2D eigenvalue weighted by Crippen LogP contribution is -2.45. The summed E-state index contributed by atoms with van der Waals surface area (Å²) in [6.07, 6.45) is -0.297. The molecule has 0 amide bonds. The van der Waals surface area contributed by atoms with E-state index in [9.17, 15) is 4.79 Å². The summed E-state index contributed by atoms with van der Waals surface area (Å²) in [7, 11) is 6.01. The maximum atomic E-state index is 10.7. The van der Waals surface area contributed by atoms with Crippen LogP contribution in [0.4, 0.5) is 0 Å². The van der Waals surface area contributed by atoms with E-state index in [0.717, 1.165) is 0 Å². The summed E-state index contributed by atoms with van der Waals surface area (Å²) in [5.41, 5.74) is 0. The number of hydrogen-bond acceptors (Lipinski definition) is 3. The van der Waals surface area contributed by atoms with Crippen LogP contribution in [-0.4, -0.2) is 54.3 Å². The van der Waals surface area contributed by atoms with E-state index in [1.54, 1.807) is 13.8 Å². The molecule has 0 rings (SSSR count). The molecule has 4 nitrogen and oxygen atoms in total. The quantitative estimate of drug-likeness (QED) is 0.414. The van der Waals surface area contributed by atoms with E-state index in [1.165, 1.54) is 0 Å². The molecule has 0 saturated carbocycles. The van der Waals surface area contributed by atoms with Crippen molar-refractivity contribution in [1.29, 1.82) is 0 Å². The minimum Gasteiger partial charge on any atom is -0.481 e. The first-order chi connectivity index (χ1) is 6.49. The summed E-state index contributed by atoms with van der Waals surface area (Å²) < 4.78 is 6.26. The second kappa shape index (κ2) is 5.18. The number of hydrogen-bond donors (Lipinski definition) is 2. The molecular formula is C10H22NO3S+. The topological polar surface area (TPSA) is 46.5 Å². The van der Waals surface area contributed by atoms with Gasteiger partial charge in [0.05, 0.1) is 27.6 Å². The van der Waals surface area contributed by atoms with E-state index in [2.05, 4.69) is 12.6 Å². The van der Waals surface area contributed by atoms with Crippen molar-refractivity contribution in [3.63, 3.8) is 0 Å². The number of quaternary nitrogens is 1. The molecule has 0 bridgehead atoms. The van der Waals surface area contributed by atoms with E-state index in [1.807, 2.05) is 21.1 Å². The van der Waals surface area contributed by atoms with Gasteiger partial charge in [0.1, 0.15) is 17.6 Å². The zero-order valence-electron chi connectivity index (χ0n) is 10.1. The molecule has 0 aromatic rings. The van der Waals surface area contributed by atoms with Crippen LogP contribution in [0, 0.1) is 0 Å². The first-order valence-corrected chi connectivity index (χ1v) is 5.37. The molecule has 0 spiro atoms. The van der Waals surface area contributed by atoms with Gasteiger partial charge in [0.2, 0.25) is 0 Å². The van der Waals surface area contributed by atoms with Crippen molar-refractivity contribution in [3.8, 4) is 0 Å². The number of carboxylic acid groups (broad SMARTS) is 1. The molecular weight excluding hydrogens is 214 g/mol. The van der Waals surface area contributed by atoms with Crippen LogP contribution in [0.3, 0.4) is 0 Å². The Morgan fingerprint density at radius 2 is 1.93 bits per heavy atom. The van der Waals surface area contributed by atoms with Gasteiger partial charge in [-0.05, 0) is 13.8 Å². The number of aliphatic carboxylic acids is 1. The number of likely N-dealkylation sites (N-methyl/N-ethyl adjacent to an activating group) is 1. The highest BCUT2D eigenvalue weighted by Crippen LogP contribution is 2.19. The molecule has 1 atom stereocenters. The van der Waals surface area contributed by atoms with E-state index in [0.29, 0.717) is 11.0 Å². The fourth-order valence-electron chi connectivity index (χ4n) is 1.36. The number of carbonyl (C=O) groups is 1. The zero-order chi connectivity index (χ0) is 12.3. The molecule has 0 heterocycles. The fraction of sp³-hybridized carbons (Fsp3) is 0.900. The third kappa shape index (κ3) is 10.0. The van der Waals surface area contributed by atoms with Crippen LogP contribution >= 0.6 is 12.6 Å². The molecule has 0 aliphatic carbocycles. The smallest absolute Gasteiger partial charge is 0.306 e. The Labute approximate surface area is 97.2 Å². The van der Waals surface area contributed by atoms with Crippen molar-refractivity contribution in [3.05, 3.63) is 0 Å². The largest absolute Gasteiger partial charge is 0.481 e. The normalized spacial score (nSPS) is 15.1. The SMILES string of the molecule is CC(C)(S)O[C@H](CC(=O)O)C[N+](C)(C)C. The summed E-state index contributed by atoms with van der Waals surface area (Å²) in [4.78, 5) is 10.1. The number of rotatable bonds is 6. The van der Waals surface area contributed by atoms with Gasteiger partial charge >= 0.3 is 5.97 Å². The monoisotopic (exact) mass is 236 g/mol. The van der Waals surface area contributed by atoms with Crippen LogP contribution in [0.25, 0.3) is 0 Å². The van der Waals surface area contributed by atoms with Gasteiger partial charge in [-0.3, -0.25) is 4.79 Å². The third-order valence-electron chi connectivity index (χ3n) is 1.61. The van der Waals surface area contributed by atoms with Gasteiger partial charge in [-0.25, -0.2) is 0 Å². The summed E-state index contributed by atoms with van der Waals surface area (Å²) in [6, 6.07) is 0. The third-order valence-corrected chi connectivity index (χ3v) is 1.71. The molecule has 90 valence electrons. The van der Waals surface area contributed by atoms with Crippen molar-refractivity contribution in [1.82, 2.24) is 0 Å². The van der Waals surface area contributed by atoms with Crippen molar-refractivity contribution >= 4 is 18.6 Å². The van der Waals surface area contributed by atoms with E-state index < -0.39 is 10.9 Å². The zero-order valence-corrected chi connectivity index (χ0v) is 11.0. The molecule has 0 aromatic heterocycles. The number of nitrogens with zero attached hydrogens (tertiary/aromatic N) is 1. The van der Waals surface area contributed by atoms with Crippen molar-refractivity contribution < 1.29 is 19.1 Å². The van der Waals surface area contributed by atoms with E-state index in [4.69, 9.17) is 9.84 Å². The molecule has 0 radical (unpaired) electrons. The average Bonchev–Trinajstić information content (AvgIpc) is 1.73. The van der Waals surface area contributed by atoms with Crippen molar-refractivity contribution in [2.75, 3.05) is 27.7 Å². The summed E-state index contributed by atoms with van der Waals surface area (Å²) in [5.74, 6) is -0.842. The predicted molar refractivity (Wildman–Crippen MR) is 63.1 cm³/mol. The van der Waals surface area contributed by atoms with Crippen LogP contribution < -0.4 is 0 Å². The Hall–Kier alpha value is -0.260. The fourth-order valence-corrected chi connectivity index (χ4v) is 1.51. The van der Waals surface area contributed by atoms with Crippen LogP contribution in [0.5, 0.6) is 0 Å². The summed E-state index contributed by atoms with van der Waals surface area (Å²) in [6.45, 7) is 4.26. The molecule has 0 saturated heterocycles. The van der Waals surface area contributed by atoms with Gasteiger partial charge < -0.3 is 14.3 Å². The highest BCUT2D eigenvalue weighted by atomic mass is 32.1. The van der Waals surface area contributed by atoms with Crippen LogP contribution in [0.1, 0.15) is 20.3 Å². The van der Waals surface area contributed by atoms with Gasteiger partial charge in [-0.2, -0.15) is 0 Å². The lowest BCUT2D eigenvalue weighted by Gasteiger charge is -2.32. The van der Waals surface area contributed by atoms with Gasteiger partial charge in [0.25, 0.3) is 0 Å². The van der Waals surface area contributed by atoms with Crippen molar-refractivity contribution in [2.45, 2.75) is 31.3 Å². The van der Waals surface area contributed by atoms with Crippen LogP contribution in [0.15, 0.2) is 0 Å². The Morgan fingerprint density at radius 3 is 2.20 bits per heavy atom. The Kier molecular flexibility index (Phi) is 5.09. The van der Waals surface area contributed by atoms with Crippen molar-refractivity contribution in [2.24, 2.45) is 0 Å². The number of carboxylic acids is 1. The Bertz CT molecular complexity index is 202. The van der Waals surface area contributed by atoms with Gasteiger partial charge in [-0.1, -0.05) is 0 Å². The Balaban J connectivity index is 4.39. The first-order valence-electron chi connectivity index (χ1n) is 4.92. The second-order valence-electron chi connectivity index (χ2n) is 5.26. The highest BCUT2D eigenvalue weighted by molar-refractivity contribution is 7.81. The average molecular weight is 236 g/mol. The molecule has 15 heavy (non-hydrogen) atoms. The standard InChI is InChI=1S/C10H21NO3S/c1-10(2,15)14-8(6-9(12)13)7-11(3,4)5/h8H,6-7H2,1-5H3,(H-,12,13,15)/p+1/t8-/m1/s1. The van der Waals surface area contributed by atoms with E-state index >= 15 is 0 Å². The molecule has 5 heteroatoms. The van der Waals surface area contributed by atoms with E-state index in [-0.39, 0.29) is 12.5 Å². The first kappa shape index (κ1) is 14.7. The summed E-state index contributed by atoms with van der Waals surface area (Å²) in [5, 5.41) is 8.77. The van der Waals surface area contributed by atoms with Crippen LogP contribution in [0.2, 0.25) is 0 Å². The minimum absolute atomic E-state index is 0.0134. The molecule has 0 fully saturated rings. The Morgan fingerprint density at radius 1 is 1.47 bits per heavy atom. The molecule has 0 aliphatic rings. The second-order valence-corrected chi connectivity index (χ2v) is 6.33. The van der Waals surface area contributed by atoms with Gasteiger partial charge in [0.15, 0.2) is 0 Å². The lowest BCUT2D eigenvalue weighted by molar-refractivity contribution is -0.873. The summed E-state index contributed by atoms with van der Waals surface area (Å²) >= 11 is 4.24. The van der Waals surface area contributed by atoms with Gasteiger partial charge in [0, 0.05) is 0 Å². The highest BCUT2D eigenvalue weighted by Gasteiger charge is 2.26.